The van der Waals surface area contributed by atoms with Crippen LogP contribution in [0.15, 0.2) is 24.3 Å². The predicted molar refractivity (Wildman–Crippen MR) is 87.2 cm³/mol. The van der Waals surface area contributed by atoms with E-state index in [4.69, 9.17) is 0 Å². The SMILES string of the molecule is Cc1cc([AsH2])cc(C)c1-c1c(C)cc([AsH2])cc1C. The van der Waals surface area contributed by atoms with Crippen molar-refractivity contribution in [3.63, 3.8) is 0 Å². The first-order valence-electron chi connectivity index (χ1n) is 6.14. The van der Waals surface area contributed by atoms with Gasteiger partial charge < -0.3 is 0 Å². The van der Waals surface area contributed by atoms with Gasteiger partial charge in [-0.3, -0.25) is 0 Å². The molecule has 18 heavy (non-hydrogen) atoms. The maximum atomic E-state index is 2.31. The van der Waals surface area contributed by atoms with Crippen LogP contribution in [-0.2, 0) is 0 Å². The van der Waals surface area contributed by atoms with Gasteiger partial charge in [0.05, 0.1) is 0 Å². The van der Waals surface area contributed by atoms with Crippen molar-refractivity contribution < 1.29 is 0 Å². The molecule has 2 aromatic rings. The fraction of sp³-hybridized carbons (Fsp3) is 0.250. The van der Waals surface area contributed by atoms with Gasteiger partial charge >= 0.3 is 128 Å². The molecule has 2 unspecified atom stereocenters. The minimum atomic E-state index is 1.40. The van der Waals surface area contributed by atoms with E-state index in [0.29, 0.717) is 0 Å². The summed E-state index contributed by atoms with van der Waals surface area (Å²) in [6, 6.07) is 9.24. The molecule has 0 aliphatic carbocycles. The van der Waals surface area contributed by atoms with Crippen LogP contribution in [0.1, 0.15) is 22.3 Å². The molecule has 0 saturated heterocycles. The molecule has 2 atom stereocenters. The Balaban J connectivity index is 2.78. The first-order chi connectivity index (χ1) is 8.40. The number of benzene rings is 2. The Morgan fingerprint density at radius 1 is 0.556 bits per heavy atom. The van der Waals surface area contributed by atoms with Crippen LogP contribution in [0.5, 0.6) is 0 Å². The standard InChI is InChI=1S/C16H20As2/c1-9-5-13(17)6-10(2)15(9)16-11(3)7-14(18)8-12(16)4/h5-8H,17-18H2,1-4H3. The third-order valence-electron chi connectivity index (χ3n) is 3.36. The molecule has 2 aromatic carbocycles. The Labute approximate surface area is 127 Å². The van der Waals surface area contributed by atoms with E-state index in [1.165, 1.54) is 42.1 Å². The van der Waals surface area contributed by atoms with Crippen LogP contribution in [0.2, 0.25) is 0 Å². The fourth-order valence-electron chi connectivity index (χ4n) is 2.78. The average Bonchev–Trinajstić information content (AvgIpc) is 2.20. The third kappa shape index (κ3) is 2.61. The first-order valence-corrected chi connectivity index (χ1v) is 8.56. The minimum absolute atomic E-state index is 1.40. The molecule has 0 aromatic heterocycles. The Hall–Kier alpha value is -0.443. The molecule has 0 amide bonds. The van der Waals surface area contributed by atoms with E-state index in [9.17, 15) is 0 Å². The molecule has 0 radical (unpaired) electrons. The quantitative estimate of drug-likeness (QED) is 0.667. The van der Waals surface area contributed by atoms with Crippen molar-refractivity contribution in [2.24, 2.45) is 0 Å². The van der Waals surface area contributed by atoms with Gasteiger partial charge in [0, 0.05) is 0 Å². The molecule has 0 nitrogen and oxygen atoms in total. The molecule has 0 heterocycles. The van der Waals surface area contributed by atoms with Crippen LogP contribution in [0, 0.1) is 27.7 Å². The molecule has 0 fully saturated rings. The zero-order chi connectivity index (χ0) is 13.4. The molecular weight excluding hydrogens is 342 g/mol. The molecule has 2 heteroatoms. The molecule has 0 spiro atoms. The van der Waals surface area contributed by atoms with Crippen LogP contribution < -0.4 is 8.70 Å². The predicted octanol–water partition coefficient (Wildman–Crippen LogP) is 1.10. The van der Waals surface area contributed by atoms with Gasteiger partial charge in [-0.25, -0.2) is 0 Å². The van der Waals surface area contributed by atoms with Crippen LogP contribution >= 0.6 is 0 Å². The molecule has 0 aliphatic rings. The van der Waals surface area contributed by atoms with Crippen molar-refractivity contribution in [3.8, 4) is 11.1 Å². The summed E-state index contributed by atoms with van der Waals surface area (Å²) in [4.78, 5) is 0. The second-order valence-electron chi connectivity index (χ2n) is 5.06. The van der Waals surface area contributed by atoms with Crippen LogP contribution in [0.25, 0.3) is 11.1 Å². The van der Waals surface area contributed by atoms with Gasteiger partial charge in [0.25, 0.3) is 0 Å². The summed E-state index contributed by atoms with van der Waals surface area (Å²) >= 11 is 3.40. The van der Waals surface area contributed by atoms with Gasteiger partial charge in [-0.2, -0.15) is 0 Å². The topological polar surface area (TPSA) is 0 Å². The van der Waals surface area contributed by atoms with E-state index in [1.54, 1.807) is 33.7 Å². The summed E-state index contributed by atoms with van der Waals surface area (Å²) in [5.41, 5.74) is 8.45. The number of rotatable bonds is 1. The van der Waals surface area contributed by atoms with Crippen molar-refractivity contribution in [1.29, 1.82) is 0 Å². The van der Waals surface area contributed by atoms with Gasteiger partial charge in [0.1, 0.15) is 0 Å². The monoisotopic (exact) mass is 362 g/mol. The molecule has 0 N–H and O–H groups in total. The van der Waals surface area contributed by atoms with Crippen molar-refractivity contribution in [2.75, 3.05) is 0 Å². The summed E-state index contributed by atoms with van der Waals surface area (Å²) in [5.74, 6) is 0. The Morgan fingerprint density at radius 3 is 1.00 bits per heavy atom. The third-order valence-corrected chi connectivity index (χ3v) is 4.76. The summed E-state index contributed by atoms with van der Waals surface area (Å²) in [5, 5.41) is 0. The van der Waals surface area contributed by atoms with E-state index in [-0.39, 0.29) is 0 Å². The Morgan fingerprint density at radius 2 is 0.778 bits per heavy atom. The number of hydrogen-bond donors (Lipinski definition) is 0. The Kier molecular flexibility index (Phi) is 4.10. The maximum absolute atomic E-state index is 2.31. The summed E-state index contributed by atoms with van der Waals surface area (Å²) in [6.45, 7) is 8.92. The average molecular weight is 362 g/mol. The van der Waals surface area contributed by atoms with Gasteiger partial charge in [0.2, 0.25) is 0 Å². The molecule has 0 aliphatic heterocycles. The van der Waals surface area contributed by atoms with Crippen LogP contribution in [0.4, 0.5) is 0 Å². The van der Waals surface area contributed by atoms with Gasteiger partial charge in [-0.15, -0.1) is 0 Å². The molecule has 0 saturated carbocycles. The van der Waals surface area contributed by atoms with Gasteiger partial charge in [0.15, 0.2) is 0 Å². The van der Waals surface area contributed by atoms with Gasteiger partial charge in [-0.05, 0) is 0 Å². The summed E-state index contributed by atoms with van der Waals surface area (Å²) in [6.07, 6.45) is 0. The van der Waals surface area contributed by atoms with E-state index in [2.05, 4.69) is 52.0 Å². The van der Waals surface area contributed by atoms with Crippen LogP contribution in [-0.4, -0.2) is 33.7 Å². The van der Waals surface area contributed by atoms with E-state index >= 15 is 0 Å². The van der Waals surface area contributed by atoms with Crippen molar-refractivity contribution >= 4 is 42.4 Å². The zero-order valence-electron chi connectivity index (χ0n) is 11.5. The van der Waals surface area contributed by atoms with Crippen molar-refractivity contribution in [2.45, 2.75) is 27.7 Å². The summed E-state index contributed by atoms with van der Waals surface area (Å²) < 4.78 is 2.82. The Bertz CT molecular complexity index is 511. The van der Waals surface area contributed by atoms with Gasteiger partial charge in [-0.1, -0.05) is 0 Å². The van der Waals surface area contributed by atoms with Crippen molar-refractivity contribution in [3.05, 3.63) is 46.5 Å². The summed E-state index contributed by atoms with van der Waals surface area (Å²) in [7, 11) is 0. The molecular formula is C16H20As2. The zero-order valence-corrected chi connectivity index (χ0v) is 16.3. The van der Waals surface area contributed by atoms with E-state index in [1.807, 2.05) is 0 Å². The molecule has 2 rings (SSSR count). The fourth-order valence-corrected chi connectivity index (χ4v) is 4.88. The van der Waals surface area contributed by atoms with E-state index < -0.39 is 0 Å². The second kappa shape index (κ2) is 5.28. The van der Waals surface area contributed by atoms with Crippen molar-refractivity contribution in [1.82, 2.24) is 0 Å². The molecule has 94 valence electrons. The number of aryl methyl sites for hydroxylation is 4. The normalized spacial score (nSPS) is 10.8. The van der Waals surface area contributed by atoms with Crippen LogP contribution in [0.3, 0.4) is 0 Å². The van der Waals surface area contributed by atoms with E-state index in [0.717, 1.165) is 0 Å². The molecule has 0 bridgehead atoms. The first kappa shape index (κ1) is 14.0. The number of hydrogen-bond acceptors (Lipinski definition) is 0. The second-order valence-corrected chi connectivity index (χ2v) is 7.86.